The second-order valence-corrected chi connectivity index (χ2v) is 4.91. The molecule has 2 fully saturated rings. The van der Waals surface area contributed by atoms with Crippen LogP contribution in [-0.2, 0) is 0 Å². The number of halogens is 2. The van der Waals surface area contributed by atoms with Crippen LogP contribution in [0.3, 0.4) is 0 Å². The Morgan fingerprint density at radius 3 is 2.87 bits per heavy atom. The van der Waals surface area contributed by atoms with Crippen molar-refractivity contribution < 1.29 is 8.78 Å². The summed E-state index contributed by atoms with van der Waals surface area (Å²) < 4.78 is 26.3. The Hall–Kier alpha value is -0.220. The monoisotopic (exact) mass is 218 g/mol. The number of hydrogen-bond acceptors (Lipinski definition) is 2. The highest BCUT2D eigenvalue weighted by molar-refractivity contribution is 4.81. The molecule has 1 N–H and O–H groups in total. The van der Waals surface area contributed by atoms with E-state index in [1.807, 2.05) is 4.90 Å². The minimum Gasteiger partial charge on any atom is -0.316 e. The molecule has 4 heteroatoms. The van der Waals surface area contributed by atoms with Gasteiger partial charge < -0.3 is 5.32 Å². The summed E-state index contributed by atoms with van der Waals surface area (Å²) in [7, 11) is 0. The lowest BCUT2D eigenvalue weighted by Crippen LogP contribution is -2.46. The number of likely N-dealkylation sites (tertiary alicyclic amines) is 1. The molecule has 0 aromatic rings. The lowest BCUT2D eigenvalue weighted by Gasteiger charge is -2.35. The normalized spacial score (nSPS) is 32.8. The highest BCUT2D eigenvalue weighted by Gasteiger charge is 2.35. The first-order chi connectivity index (χ1) is 7.16. The lowest BCUT2D eigenvalue weighted by molar-refractivity contribution is -0.0675. The SMILES string of the molecule is FC1(F)CCCN(CC2CCCNC2)C1. The maximum atomic E-state index is 13.2. The fraction of sp³-hybridized carbons (Fsp3) is 1.00. The second kappa shape index (κ2) is 4.74. The van der Waals surface area contributed by atoms with Crippen molar-refractivity contribution in [3.8, 4) is 0 Å². The smallest absolute Gasteiger partial charge is 0.260 e. The van der Waals surface area contributed by atoms with E-state index in [2.05, 4.69) is 5.32 Å². The summed E-state index contributed by atoms with van der Waals surface area (Å²) >= 11 is 0. The van der Waals surface area contributed by atoms with E-state index in [4.69, 9.17) is 0 Å². The number of alkyl halides is 2. The topological polar surface area (TPSA) is 15.3 Å². The molecule has 2 aliphatic heterocycles. The van der Waals surface area contributed by atoms with E-state index in [-0.39, 0.29) is 13.0 Å². The van der Waals surface area contributed by atoms with Gasteiger partial charge in [-0.1, -0.05) is 0 Å². The van der Waals surface area contributed by atoms with Gasteiger partial charge in [0.2, 0.25) is 0 Å². The molecule has 0 aromatic carbocycles. The minimum atomic E-state index is -2.44. The Bertz CT molecular complexity index is 203. The van der Waals surface area contributed by atoms with Crippen LogP contribution in [0.5, 0.6) is 0 Å². The molecule has 2 saturated heterocycles. The predicted octanol–water partition coefficient (Wildman–Crippen LogP) is 1.72. The molecule has 15 heavy (non-hydrogen) atoms. The maximum absolute atomic E-state index is 13.2. The summed E-state index contributed by atoms with van der Waals surface area (Å²) in [4.78, 5) is 1.95. The zero-order valence-electron chi connectivity index (χ0n) is 9.14. The van der Waals surface area contributed by atoms with Gasteiger partial charge in [-0.25, -0.2) is 8.78 Å². The Kier molecular flexibility index (Phi) is 3.57. The molecule has 2 aliphatic rings. The molecule has 1 atom stereocenters. The summed E-state index contributed by atoms with van der Waals surface area (Å²) in [6, 6.07) is 0. The Morgan fingerprint density at radius 1 is 1.33 bits per heavy atom. The molecule has 2 heterocycles. The van der Waals surface area contributed by atoms with Crippen LogP contribution >= 0.6 is 0 Å². The Labute approximate surface area is 90.0 Å². The van der Waals surface area contributed by atoms with Gasteiger partial charge >= 0.3 is 0 Å². The van der Waals surface area contributed by atoms with Gasteiger partial charge in [0, 0.05) is 13.0 Å². The van der Waals surface area contributed by atoms with E-state index in [1.54, 1.807) is 0 Å². The molecule has 88 valence electrons. The largest absolute Gasteiger partial charge is 0.316 e. The molecule has 0 saturated carbocycles. The highest BCUT2D eigenvalue weighted by Crippen LogP contribution is 2.27. The first-order valence-corrected chi connectivity index (χ1v) is 5.97. The summed E-state index contributed by atoms with van der Waals surface area (Å²) in [6.45, 7) is 3.77. The van der Waals surface area contributed by atoms with Gasteiger partial charge in [0.25, 0.3) is 5.92 Å². The molecule has 1 unspecified atom stereocenters. The Morgan fingerprint density at radius 2 is 2.20 bits per heavy atom. The van der Waals surface area contributed by atoms with Gasteiger partial charge in [0.1, 0.15) is 0 Å². The van der Waals surface area contributed by atoms with Crippen LogP contribution in [0.4, 0.5) is 8.78 Å². The minimum absolute atomic E-state index is 0.0243. The summed E-state index contributed by atoms with van der Waals surface area (Å²) in [5.74, 6) is -1.87. The second-order valence-electron chi connectivity index (χ2n) is 4.91. The van der Waals surface area contributed by atoms with Crippen molar-refractivity contribution in [1.82, 2.24) is 10.2 Å². The number of rotatable bonds is 2. The van der Waals surface area contributed by atoms with Crippen LogP contribution in [0.2, 0.25) is 0 Å². The van der Waals surface area contributed by atoms with Gasteiger partial charge in [-0.2, -0.15) is 0 Å². The maximum Gasteiger partial charge on any atom is 0.260 e. The number of hydrogen-bond donors (Lipinski definition) is 1. The molecule has 0 radical (unpaired) electrons. The van der Waals surface area contributed by atoms with Gasteiger partial charge in [-0.15, -0.1) is 0 Å². The third-order valence-corrected chi connectivity index (χ3v) is 3.39. The molecule has 0 aromatic heterocycles. The molecule has 0 spiro atoms. The van der Waals surface area contributed by atoms with E-state index in [9.17, 15) is 8.78 Å². The van der Waals surface area contributed by atoms with Crippen molar-refractivity contribution in [3.05, 3.63) is 0 Å². The zero-order chi connectivity index (χ0) is 10.7. The van der Waals surface area contributed by atoms with Crippen molar-refractivity contribution in [1.29, 1.82) is 0 Å². The Balaban J connectivity index is 1.78. The quantitative estimate of drug-likeness (QED) is 0.759. The van der Waals surface area contributed by atoms with Crippen LogP contribution in [0.25, 0.3) is 0 Å². The summed E-state index contributed by atoms with van der Waals surface area (Å²) in [5.41, 5.74) is 0. The van der Waals surface area contributed by atoms with Gasteiger partial charge in [0.15, 0.2) is 0 Å². The summed E-state index contributed by atoms with van der Waals surface area (Å²) in [6.07, 6.45) is 3.10. The lowest BCUT2D eigenvalue weighted by atomic mass is 9.97. The molecule has 2 nitrogen and oxygen atoms in total. The zero-order valence-corrected chi connectivity index (χ0v) is 9.14. The number of nitrogens with one attached hydrogen (secondary N) is 1. The van der Waals surface area contributed by atoms with Crippen LogP contribution in [0, 0.1) is 5.92 Å². The third kappa shape index (κ3) is 3.38. The number of piperidine rings is 2. The summed E-state index contributed by atoms with van der Waals surface area (Å²) in [5, 5.41) is 3.33. The van der Waals surface area contributed by atoms with Crippen LogP contribution in [0.1, 0.15) is 25.7 Å². The average Bonchev–Trinajstić information content (AvgIpc) is 2.17. The van der Waals surface area contributed by atoms with E-state index in [0.717, 1.165) is 26.2 Å². The van der Waals surface area contributed by atoms with Crippen LogP contribution in [-0.4, -0.2) is 43.5 Å². The molecule has 0 bridgehead atoms. The van der Waals surface area contributed by atoms with E-state index < -0.39 is 5.92 Å². The fourth-order valence-electron chi connectivity index (χ4n) is 2.65. The van der Waals surface area contributed by atoms with Gasteiger partial charge in [0.05, 0.1) is 6.54 Å². The van der Waals surface area contributed by atoms with E-state index in [0.29, 0.717) is 12.3 Å². The predicted molar refractivity (Wildman–Crippen MR) is 56.2 cm³/mol. The van der Waals surface area contributed by atoms with Crippen molar-refractivity contribution in [2.45, 2.75) is 31.6 Å². The first kappa shape index (κ1) is 11.3. The molecular formula is C11H20F2N2. The standard InChI is InChI=1S/C11H20F2N2/c12-11(13)4-2-6-15(9-11)8-10-3-1-5-14-7-10/h10,14H,1-9H2. The molecular weight excluding hydrogens is 198 g/mol. The van der Waals surface area contributed by atoms with Crippen molar-refractivity contribution in [3.63, 3.8) is 0 Å². The average molecular weight is 218 g/mol. The van der Waals surface area contributed by atoms with Crippen LogP contribution in [0.15, 0.2) is 0 Å². The highest BCUT2D eigenvalue weighted by atomic mass is 19.3. The van der Waals surface area contributed by atoms with E-state index >= 15 is 0 Å². The van der Waals surface area contributed by atoms with Crippen molar-refractivity contribution >= 4 is 0 Å². The van der Waals surface area contributed by atoms with Crippen molar-refractivity contribution in [2.24, 2.45) is 5.92 Å². The van der Waals surface area contributed by atoms with E-state index in [1.165, 1.54) is 12.8 Å². The van der Waals surface area contributed by atoms with Crippen molar-refractivity contribution in [2.75, 3.05) is 32.7 Å². The first-order valence-electron chi connectivity index (χ1n) is 5.97. The van der Waals surface area contributed by atoms with Crippen LogP contribution < -0.4 is 5.32 Å². The van der Waals surface area contributed by atoms with Gasteiger partial charge in [-0.3, -0.25) is 4.90 Å². The third-order valence-electron chi connectivity index (χ3n) is 3.39. The molecule has 0 aliphatic carbocycles. The number of nitrogens with zero attached hydrogens (tertiary/aromatic N) is 1. The molecule has 2 rings (SSSR count). The molecule has 0 amide bonds. The van der Waals surface area contributed by atoms with Gasteiger partial charge in [-0.05, 0) is 44.8 Å². The fourth-order valence-corrected chi connectivity index (χ4v) is 2.65.